The fourth-order valence-corrected chi connectivity index (χ4v) is 4.97. The molecule has 2 amide bonds. The predicted octanol–water partition coefficient (Wildman–Crippen LogP) is 2.63. The Morgan fingerprint density at radius 1 is 1.35 bits per heavy atom. The number of carbonyl (C=O) groups excluding carboxylic acids is 2. The maximum Gasteiger partial charge on any atom is 0.265 e. The van der Waals surface area contributed by atoms with Gasteiger partial charge in [-0.2, -0.15) is 5.26 Å². The Balaban J connectivity index is 1.52. The zero-order chi connectivity index (χ0) is 22.0. The summed E-state index contributed by atoms with van der Waals surface area (Å²) in [5.74, 6) is -2.53. The van der Waals surface area contributed by atoms with Crippen molar-refractivity contribution in [3.63, 3.8) is 0 Å². The molecule has 10 heteroatoms. The second kappa shape index (κ2) is 8.67. The van der Waals surface area contributed by atoms with Crippen LogP contribution in [0.2, 0.25) is 0 Å². The molecule has 2 fully saturated rings. The molecule has 2 saturated heterocycles. The number of piperidine rings is 1. The van der Waals surface area contributed by atoms with Crippen LogP contribution in [0.15, 0.2) is 30.5 Å². The van der Waals surface area contributed by atoms with Gasteiger partial charge in [-0.25, -0.2) is 8.78 Å². The normalized spacial score (nSPS) is 20.5. The SMILES string of the molecule is N#C[C@@H]1CSCN1C(=O)CNC(=O)c1ccnc2ccc(N3CCCC(F)(F)C3)cc12. The number of anilines is 1. The molecule has 1 atom stereocenters. The first-order valence-electron chi connectivity index (χ1n) is 9.94. The lowest BCUT2D eigenvalue weighted by Crippen LogP contribution is -2.42. The van der Waals surface area contributed by atoms with Gasteiger partial charge in [0.15, 0.2) is 0 Å². The van der Waals surface area contributed by atoms with Crippen molar-refractivity contribution in [2.75, 3.05) is 36.2 Å². The zero-order valence-electron chi connectivity index (χ0n) is 16.7. The van der Waals surface area contributed by atoms with Crippen molar-refractivity contribution >= 4 is 40.2 Å². The number of carbonyl (C=O) groups is 2. The minimum Gasteiger partial charge on any atom is -0.365 e. The van der Waals surface area contributed by atoms with Gasteiger partial charge >= 0.3 is 0 Å². The highest BCUT2D eigenvalue weighted by atomic mass is 32.2. The van der Waals surface area contributed by atoms with Crippen LogP contribution in [0.1, 0.15) is 23.2 Å². The molecule has 0 spiro atoms. The van der Waals surface area contributed by atoms with Crippen molar-refractivity contribution in [2.24, 2.45) is 0 Å². The van der Waals surface area contributed by atoms with E-state index < -0.39 is 17.9 Å². The maximum absolute atomic E-state index is 13.8. The summed E-state index contributed by atoms with van der Waals surface area (Å²) in [4.78, 5) is 32.5. The number of amides is 2. The van der Waals surface area contributed by atoms with Crippen LogP contribution >= 0.6 is 11.8 Å². The van der Waals surface area contributed by atoms with E-state index in [0.29, 0.717) is 46.7 Å². The van der Waals surface area contributed by atoms with E-state index in [0.717, 1.165) is 0 Å². The lowest BCUT2D eigenvalue weighted by atomic mass is 10.0. The van der Waals surface area contributed by atoms with E-state index in [9.17, 15) is 18.4 Å². The van der Waals surface area contributed by atoms with Crippen molar-refractivity contribution in [3.05, 3.63) is 36.0 Å². The number of hydrogen-bond acceptors (Lipinski definition) is 6. The summed E-state index contributed by atoms with van der Waals surface area (Å²) in [6.07, 6.45) is 1.77. The largest absolute Gasteiger partial charge is 0.365 e. The molecule has 2 aliphatic rings. The van der Waals surface area contributed by atoms with E-state index in [4.69, 9.17) is 5.26 Å². The predicted molar refractivity (Wildman–Crippen MR) is 114 cm³/mol. The fraction of sp³-hybridized carbons (Fsp3) is 0.429. The van der Waals surface area contributed by atoms with Crippen LogP contribution in [-0.4, -0.2) is 64.9 Å². The van der Waals surface area contributed by atoms with Gasteiger partial charge in [-0.1, -0.05) is 0 Å². The minimum atomic E-state index is -2.74. The third-order valence-corrected chi connectivity index (χ3v) is 6.49. The first-order valence-corrected chi connectivity index (χ1v) is 11.1. The lowest BCUT2D eigenvalue weighted by Gasteiger charge is -2.34. The minimum absolute atomic E-state index is 0.123. The van der Waals surface area contributed by atoms with Crippen LogP contribution < -0.4 is 10.2 Å². The topological polar surface area (TPSA) is 89.3 Å². The van der Waals surface area contributed by atoms with Crippen molar-refractivity contribution in [1.29, 1.82) is 5.26 Å². The molecular formula is C21H21F2N5O2S. The van der Waals surface area contributed by atoms with E-state index in [-0.39, 0.29) is 25.4 Å². The van der Waals surface area contributed by atoms with Gasteiger partial charge in [-0.05, 0) is 30.7 Å². The summed E-state index contributed by atoms with van der Waals surface area (Å²) in [6, 6.07) is 8.28. The summed E-state index contributed by atoms with van der Waals surface area (Å²) in [6.45, 7) is -0.0621. The number of nitrogens with one attached hydrogen (secondary N) is 1. The molecule has 1 aromatic heterocycles. The Labute approximate surface area is 182 Å². The molecule has 0 radical (unpaired) electrons. The van der Waals surface area contributed by atoms with Gasteiger partial charge in [-0.3, -0.25) is 14.6 Å². The third kappa shape index (κ3) is 4.56. The Hall–Kier alpha value is -2.93. The Bertz CT molecular complexity index is 1060. The number of thioether (sulfide) groups is 1. The number of rotatable bonds is 4. The second-order valence-corrected chi connectivity index (χ2v) is 8.63. The average Bonchev–Trinajstić information content (AvgIpc) is 3.25. The molecule has 1 aromatic carbocycles. The van der Waals surface area contributed by atoms with Gasteiger partial charge in [0, 0.05) is 36.0 Å². The first-order chi connectivity index (χ1) is 14.9. The van der Waals surface area contributed by atoms with Crippen LogP contribution in [0.5, 0.6) is 0 Å². The number of halogens is 2. The molecule has 0 unspecified atom stereocenters. The highest BCUT2D eigenvalue weighted by Crippen LogP contribution is 2.32. The smallest absolute Gasteiger partial charge is 0.265 e. The van der Waals surface area contributed by atoms with E-state index >= 15 is 0 Å². The Kier molecular flexibility index (Phi) is 5.96. The number of alkyl halides is 2. The number of benzene rings is 1. The number of aromatic nitrogens is 1. The zero-order valence-corrected chi connectivity index (χ0v) is 17.5. The Morgan fingerprint density at radius 2 is 2.19 bits per heavy atom. The molecule has 162 valence electrons. The first kappa shape index (κ1) is 21.3. The van der Waals surface area contributed by atoms with Crippen LogP contribution in [0, 0.1) is 11.3 Å². The highest BCUT2D eigenvalue weighted by Gasteiger charge is 2.35. The third-order valence-electron chi connectivity index (χ3n) is 5.48. The summed E-state index contributed by atoms with van der Waals surface area (Å²) in [5, 5.41) is 12.3. The number of nitriles is 1. The van der Waals surface area contributed by atoms with E-state index in [1.165, 1.54) is 22.9 Å². The second-order valence-electron chi connectivity index (χ2n) is 7.63. The van der Waals surface area contributed by atoms with Crippen LogP contribution in [0.3, 0.4) is 0 Å². The molecule has 31 heavy (non-hydrogen) atoms. The van der Waals surface area contributed by atoms with Gasteiger partial charge in [0.25, 0.3) is 11.8 Å². The van der Waals surface area contributed by atoms with Crippen molar-refractivity contribution in [3.8, 4) is 6.07 Å². The molecule has 2 aliphatic heterocycles. The van der Waals surface area contributed by atoms with Gasteiger partial charge in [-0.15, -0.1) is 11.8 Å². The van der Waals surface area contributed by atoms with Gasteiger partial charge in [0.05, 0.1) is 36.1 Å². The number of hydrogen-bond donors (Lipinski definition) is 1. The molecule has 7 nitrogen and oxygen atoms in total. The summed E-state index contributed by atoms with van der Waals surface area (Å²) >= 11 is 1.49. The molecule has 0 bridgehead atoms. The number of nitrogens with zero attached hydrogens (tertiary/aromatic N) is 4. The standard InChI is InChI=1S/C21H21F2N5O2S/c22-21(23)5-1-7-27(12-21)14-2-3-18-17(8-14)16(4-6-25-18)20(30)26-10-19(29)28-13-31-11-15(28)9-24/h2-4,6,8,15H,1,5,7,10-13H2,(H,26,30)/t15-/m1/s1. The van der Waals surface area contributed by atoms with Crippen molar-refractivity contribution in [1.82, 2.24) is 15.2 Å². The molecular weight excluding hydrogens is 424 g/mol. The van der Waals surface area contributed by atoms with E-state index in [1.54, 1.807) is 29.2 Å². The highest BCUT2D eigenvalue weighted by molar-refractivity contribution is 7.99. The summed E-state index contributed by atoms with van der Waals surface area (Å²) in [7, 11) is 0. The average molecular weight is 445 g/mol. The number of pyridine rings is 1. The Morgan fingerprint density at radius 3 is 2.97 bits per heavy atom. The molecule has 1 N–H and O–H groups in total. The monoisotopic (exact) mass is 445 g/mol. The van der Waals surface area contributed by atoms with Crippen LogP contribution in [0.25, 0.3) is 10.9 Å². The van der Waals surface area contributed by atoms with Crippen molar-refractivity contribution < 1.29 is 18.4 Å². The van der Waals surface area contributed by atoms with Gasteiger partial charge in [0.2, 0.25) is 5.91 Å². The van der Waals surface area contributed by atoms with Crippen molar-refractivity contribution in [2.45, 2.75) is 24.8 Å². The summed E-state index contributed by atoms with van der Waals surface area (Å²) < 4.78 is 27.7. The van der Waals surface area contributed by atoms with Gasteiger partial charge < -0.3 is 15.1 Å². The maximum atomic E-state index is 13.8. The molecule has 4 rings (SSSR count). The molecule has 0 saturated carbocycles. The van der Waals surface area contributed by atoms with Crippen LogP contribution in [0.4, 0.5) is 14.5 Å². The van der Waals surface area contributed by atoms with E-state index in [1.807, 2.05) is 0 Å². The summed E-state index contributed by atoms with van der Waals surface area (Å²) in [5.41, 5.74) is 1.49. The quantitative estimate of drug-likeness (QED) is 0.778. The lowest BCUT2D eigenvalue weighted by molar-refractivity contribution is -0.129. The molecule has 2 aromatic rings. The van der Waals surface area contributed by atoms with E-state index in [2.05, 4.69) is 16.4 Å². The fourth-order valence-electron chi connectivity index (χ4n) is 3.86. The van der Waals surface area contributed by atoms with Crippen LogP contribution in [-0.2, 0) is 4.79 Å². The molecule has 3 heterocycles. The molecule has 0 aliphatic carbocycles. The van der Waals surface area contributed by atoms with Gasteiger partial charge in [0.1, 0.15) is 6.04 Å². The number of fused-ring (bicyclic) bond motifs is 1.